The molecule has 0 aliphatic heterocycles. The summed E-state index contributed by atoms with van der Waals surface area (Å²) >= 11 is 0. The van der Waals surface area contributed by atoms with Crippen LogP contribution in [0.5, 0.6) is 0 Å². The Morgan fingerprint density at radius 2 is 1.94 bits per heavy atom. The fourth-order valence-electron chi connectivity index (χ4n) is 1.40. The quantitative estimate of drug-likeness (QED) is 0.837. The highest BCUT2D eigenvalue weighted by molar-refractivity contribution is 5.54. The maximum atomic E-state index is 9.34. The third-order valence-corrected chi connectivity index (χ3v) is 2.56. The molecule has 0 radical (unpaired) electrons. The molecule has 90 valence electrons. The molecular weight excluding hydrogens is 218 g/mol. The molecule has 0 bridgehead atoms. The summed E-state index contributed by atoms with van der Waals surface area (Å²) in [5.41, 5.74) is 7.74. The van der Waals surface area contributed by atoms with Crippen LogP contribution >= 0.6 is 0 Å². The summed E-state index contributed by atoms with van der Waals surface area (Å²) in [6, 6.07) is 7.12. The third-order valence-electron chi connectivity index (χ3n) is 2.56. The lowest BCUT2D eigenvalue weighted by atomic mass is 10.1. The molecule has 0 fully saturated rings. The lowest BCUT2D eigenvalue weighted by Crippen LogP contribution is -2.23. The number of nitrogens with zero attached hydrogens (tertiary/aromatic N) is 2. The van der Waals surface area contributed by atoms with E-state index in [0.29, 0.717) is 5.82 Å². The molecule has 1 aromatic carbocycles. The topological polar surface area (TPSA) is 85.2 Å². The number of aliphatic hydroxyl groups excluding tert-OH is 1. The van der Waals surface area contributed by atoms with Gasteiger partial charge in [-0.15, -0.1) is 0 Å². The first-order valence-electron chi connectivity index (χ1n) is 5.42. The minimum Gasteiger partial charge on any atom is -0.391 e. The van der Waals surface area contributed by atoms with Gasteiger partial charge in [0.05, 0.1) is 6.10 Å². The van der Waals surface area contributed by atoms with Gasteiger partial charge in [0.2, 0.25) is 11.7 Å². The number of nitrogens with two attached hydrogens (primary N) is 1. The van der Waals surface area contributed by atoms with E-state index >= 15 is 0 Å². The van der Waals surface area contributed by atoms with Gasteiger partial charge in [-0.3, -0.25) is 0 Å². The summed E-state index contributed by atoms with van der Waals surface area (Å²) in [6.45, 7) is 3.59. The van der Waals surface area contributed by atoms with Crippen molar-refractivity contribution in [3.05, 3.63) is 35.7 Å². The first kappa shape index (κ1) is 11.8. The van der Waals surface area contributed by atoms with Gasteiger partial charge in [0.15, 0.2) is 0 Å². The largest absolute Gasteiger partial charge is 0.391 e. The number of aromatic nitrogens is 2. The van der Waals surface area contributed by atoms with Crippen molar-refractivity contribution >= 4 is 0 Å². The second-order valence-corrected chi connectivity index (χ2v) is 4.09. The molecule has 0 aliphatic carbocycles. The van der Waals surface area contributed by atoms with E-state index in [1.807, 2.05) is 31.2 Å². The third kappa shape index (κ3) is 2.51. The van der Waals surface area contributed by atoms with Crippen LogP contribution in [0.2, 0.25) is 0 Å². The van der Waals surface area contributed by atoms with Crippen LogP contribution < -0.4 is 5.73 Å². The van der Waals surface area contributed by atoms with E-state index < -0.39 is 12.1 Å². The van der Waals surface area contributed by atoms with Crippen molar-refractivity contribution in [1.29, 1.82) is 0 Å². The highest BCUT2D eigenvalue weighted by atomic mass is 16.5. The van der Waals surface area contributed by atoms with Gasteiger partial charge in [0, 0.05) is 5.56 Å². The molecule has 0 spiro atoms. The summed E-state index contributed by atoms with van der Waals surface area (Å²) < 4.78 is 5.03. The zero-order valence-corrected chi connectivity index (χ0v) is 9.79. The number of aliphatic hydroxyl groups is 1. The average molecular weight is 233 g/mol. The van der Waals surface area contributed by atoms with Crippen molar-refractivity contribution in [2.75, 3.05) is 0 Å². The Kier molecular flexibility index (Phi) is 3.21. The summed E-state index contributed by atoms with van der Waals surface area (Å²) in [6.07, 6.45) is -0.721. The Bertz CT molecular complexity index is 491. The number of hydrogen-bond donors (Lipinski definition) is 2. The zero-order chi connectivity index (χ0) is 12.4. The SMILES string of the molecule is Cc1ccc(-c2noc(C(N)C(C)O)n2)cc1. The lowest BCUT2D eigenvalue weighted by Gasteiger charge is -2.08. The predicted octanol–water partition coefficient (Wildman–Crippen LogP) is 1.43. The monoisotopic (exact) mass is 233 g/mol. The summed E-state index contributed by atoms with van der Waals surface area (Å²) in [7, 11) is 0. The molecule has 1 heterocycles. The van der Waals surface area contributed by atoms with Crippen LogP contribution in [0.4, 0.5) is 0 Å². The summed E-state index contributed by atoms with van der Waals surface area (Å²) in [5, 5.41) is 13.2. The smallest absolute Gasteiger partial charge is 0.246 e. The Labute approximate surface area is 99.3 Å². The molecule has 1 aromatic heterocycles. The van der Waals surface area contributed by atoms with Crippen molar-refractivity contribution in [1.82, 2.24) is 10.1 Å². The Balaban J connectivity index is 2.26. The van der Waals surface area contributed by atoms with E-state index in [0.717, 1.165) is 11.1 Å². The summed E-state index contributed by atoms with van der Waals surface area (Å²) in [5.74, 6) is 0.728. The number of benzene rings is 1. The van der Waals surface area contributed by atoms with Gasteiger partial charge >= 0.3 is 0 Å². The highest BCUT2D eigenvalue weighted by Crippen LogP contribution is 2.19. The summed E-state index contributed by atoms with van der Waals surface area (Å²) in [4.78, 5) is 4.17. The fourth-order valence-corrected chi connectivity index (χ4v) is 1.40. The van der Waals surface area contributed by atoms with Gasteiger partial charge in [-0.25, -0.2) is 0 Å². The van der Waals surface area contributed by atoms with Crippen LogP contribution in [-0.2, 0) is 0 Å². The van der Waals surface area contributed by atoms with E-state index in [-0.39, 0.29) is 5.89 Å². The van der Waals surface area contributed by atoms with Gasteiger partial charge in [0.25, 0.3) is 0 Å². The fraction of sp³-hybridized carbons (Fsp3) is 0.333. The molecular formula is C12H15N3O2. The Morgan fingerprint density at radius 1 is 1.29 bits per heavy atom. The molecule has 2 aromatic rings. The van der Waals surface area contributed by atoms with Gasteiger partial charge in [-0.1, -0.05) is 35.0 Å². The van der Waals surface area contributed by atoms with E-state index in [2.05, 4.69) is 10.1 Å². The predicted molar refractivity (Wildman–Crippen MR) is 63.1 cm³/mol. The van der Waals surface area contributed by atoms with E-state index in [9.17, 15) is 5.11 Å². The van der Waals surface area contributed by atoms with E-state index in [1.54, 1.807) is 6.92 Å². The van der Waals surface area contributed by atoms with Gasteiger partial charge < -0.3 is 15.4 Å². The normalized spacial score (nSPS) is 14.6. The number of aryl methyl sites for hydroxylation is 1. The molecule has 17 heavy (non-hydrogen) atoms. The number of rotatable bonds is 3. The molecule has 0 saturated heterocycles. The van der Waals surface area contributed by atoms with Crippen LogP contribution in [0.15, 0.2) is 28.8 Å². The van der Waals surface area contributed by atoms with Gasteiger partial charge in [-0.2, -0.15) is 4.98 Å². The highest BCUT2D eigenvalue weighted by Gasteiger charge is 2.19. The molecule has 5 nitrogen and oxygen atoms in total. The van der Waals surface area contributed by atoms with Crippen LogP contribution in [0, 0.1) is 6.92 Å². The average Bonchev–Trinajstić information content (AvgIpc) is 2.78. The van der Waals surface area contributed by atoms with Crippen LogP contribution in [0.3, 0.4) is 0 Å². The molecule has 0 amide bonds. The van der Waals surface area contributed by atoms with Crippen molar-refractivity contribution in [2.24, 2.45) is 5.73 Å². The minimum absolute atomic E-state index is 0.246. The second-order valence-electron chi connectivity index (χ2n) is 4.09. The molecule has 5 heteroatoms. The minimum atomic E-state index is -0.721. The van der Waals surface area contributed by atoms with Crippen LogP contribution in [-0.4, -0.2) is 21.4 Å². The zero-order valence-electron chi connectivity index (χ0n) is 9.79. The maximum Gasteiger partial charge on any atom is 0.246 e. The lowest BCUT2D eigenvalue weighted by molar-refractivity contribution is 0.146. The van der Waals surface area contributed by atoms with Crippen molar-refractivity contribution in [3.8, 4) is 11.4 Å². The molecule has 0 aliphatic rings. The van der Waals surface area contributed by atoms with Gasteiger partial charge in [0.1, 0.15) is 6.04 Å². The number of hydrogen-bond acceptors (Lipinski definition) is 5. The molecule has 3 N–H and O–H groups in total. The van der Waals surface area contributed by atoms with Crippen molar-refractivity contribution in [2.45, 2.75) is 26.0 Å². The molecule has 2 unspecified atom stereocenters. The van der Waals surface area contributed by atoms with Gasteiger partial charge in [-0.05, 0) is 13.8 Å². The molecule has 2 rings (SSSR count). The van der Waals surface area contributed by atoms with Crippen LogP contribution in [0.25, 0.3) is 11.4 Å². The Morgan fingerprint density at radius 3 is 2.53 bits per heavy atom. The Hall–Kier alpha value is -1.72. The van der Waals surface area contributed by atoms with E-state index in [1.165, 1.54) is 0 Å². The van der Waals surface area contributed by atoms with Crippen LogP contribution in [0.1, 0.15) is 24.4 Å². The second kappa shape index (κ2) is 4.65. The van der Waals surface area contributed by atoms with E-state index in [4.69, 9.17) is 10.3 Å². The first-order valence-corrected chi connectivity index (χ1v) is 5.42. The van der Waals surface area contributed by atoms with Crippen molar-refractivity contribution < 1.29 is 9.63 Å². The molecule has 0 saturated carbocycles. The first-order chi connectivity index (χ1) is 8.08. The van der Waals surface area contributed by atoms with Crippen molar-refractivity contribution in [3.63, 3.8) is 0 Å². The maximum absolute atomic E-state index is 9.34. The standard InChI is InChI=1S/C12H15N3O2/c1-7-3-5-9(6-4-7)11-14-12(17-15-11)10(13)8(2)16/h3-6,8,10,16H,13H2,1-2H3. The molecule has 2 atom stereocenters.